The molecule has 5 amide bonds. The number of aliphatic hydroxyl groups excluding tert-OH is 29. The van der Waals surface area contributed by atoms with E-state index in [4.69, 9.17) is 99.5 Å². The molecule has 66 nitrogen and oxygen atoms in total. The van der Waals surface area contributed by atoms with E-state index in [1.165, 1.54) is 6.92 Å². The minimum atomic E-state index is -5.54. The molecule has 56 atom stereocenters. The van der Waals surface area contributed by atoms with Gasteiger partial charge in [-0.05, 0) is 6.92 Å². The van der Waals surface area contributed by atoms with Crippen molar-refractivity contribution in [2.75, 3.05) is 66.1 Å². The highest BCUT2D eigenvalue weighted by molar-refractivity contribution is 7.80. The maximum atomic E-state index is 13.4. The van der Waals surface area contributed by atoms with Gasteiger partial charge in [0.1, 0.15) is 256 Å². The number of nitrogens with one attached hydrogen (secondary N) is 5. The van der Waals surface area contributed by atoms with Crippen LogP contribution in [0.4, 0.5) is 0 Å². The molecule has 0 aromatic carbocycles. The van der Waals surface area contributed by atoms with Gasteiger partial charge < -0.3 is 279 Å². The van der Waals surface area contributed by atoms with Crippen molar-refractivity contribution in [3.8, 4) is 0 Å². The summed E-state index contributed by atoms with van der Waals surface area (Å²) in [5, 5.41) is 352. The summed E-state index contributed by atoms with van der Waals surface area (Å²) >= 11 is 0. The number of amides is 5. The number of carbonyl (C=O) groups is 6. The van der Waals surface area contributed by atoms with E-state index >= 15 is 0 Å². The minimum absolute atomic E-state index is 0.827. The van der Waals surface area contributed by atoms with Crippen molar-refractivity contribution in [2.24, 2.45) is 0 Å². The molecule has 0 aromatic heterocycles. The molecule has 11 heterocycles. The number of hydrogen-bond donors (Lipinski definition) is 36. The Morgan fingerprint density at radius 1 is 0.329 bits per heavy atom. The molecule has 146 heavy (non-hydrogen) atoms. The van der Waals surface area contributed by atoms with Crippen LogP contribution in [-0.4, -0.2) is 611 Å². The summed E-state index contributed by atoms with van der Waals surface area (Å²) in [5.41, 5.74) is 0. The van der Waals surface area contributed by atoms with Gasteiger partial charge in [-0.15, -0.1) is 0 Å². The first-order chi connectivity index (χ1) is 68.7. The highest BCUT2D eigenvalue weighted by atomic mass is 32.3. The fraction of sp³-hybridized carbons (Fsp3) is 0.924. The number of carboxylic acid groups (broad SMARTS) is 1. The van der Waals surface area contributed by atoms with Crippen molar-refractivity contribution in [1.82, 2.24) is 26.6 Å². The van der Waals surface area contributed by atoms with E-state index in [1.54, 1.807) is 0 Å². The van der Waals surface area contributed by atoms with Crippen molar-refractivity contribution in [3.05, 3.63) is 0 Å². The summed E-state index contributed by atoms with van der Waals surface area (Å²) in [4.78, 5) is 78.1. The third-order valence-electron chi connectivity index (χ3n) is 26.1. The normalized spacial score (nSPS) is 47.2. The lowest BCUT2D eigenvalue weighted by molar-refractivity contribution is -0.401. The maximum absolute atomic E-state index is 13.4. The molecule has 0 spiro atoms. The Hall–Kier alpha value is -5.31. The Bertz CT molecular complexity index is 4300. The maximum Gasteiger partial charge on any atom is 0.397 e. The zero-order valence-electron chi connectivity index (χ0n) is 78.1. The van der Waals surface area contributed by atoms with Gasteiger partial charge in [0.2, 0.25) is 29.5 Å². The molecule has 0 saturated carbocycles. The highest BCUT2D eigenvalue weighted by Gasteiger charge is 2.65. The first-order valence-electron chi connectivity index (χ1n) is 45.8. The van der Waals surface area contributed by atoms with Gasteiger partial charge in [-0.2, -0.15) is 8.42 Å². The second kappa shape index (κ2) is 51.8. The molecular weight excluding hydrogens is 2030 g/mol. The average molecular weight is 2160 g/mol. The Labute approximate surface area is 825 Å². The summed E-state index contributed by atoms with van der Waals surface area (Å²) in [7, 11) is -5.54. The topological polar surface area (TPSA) is 1030 Å². The van der Waals surface area contributed by atoms with Crippen molar-refractivity contribution >= 4 is 45.9 Å². The Morgan fingerprint density at radius 2 is 0.658 bits per heavy atom. The van der Waals surface area contributed by atoms with Gasteiger partial charge in [0.15, 0.2) is 62.9 Å². The van der Waals surface area contributed by atoms with Gasteiger partial charge in [-0.3, -0.25) is 28.5 Å². The predicted octanol–water partition coefficient (Wildman–Crippen LogP) is -24.2. The largest absolute Gasteiger partial charge is 0.477 e. The zero-order valence-corrected chi connectivity index (χ0v) is 78.9. The van der Waals surface area contributed by atoms with Crippen LogP contribution in [0.2, 0.25) is 0 Å². The summed E-state index contributed by atoms with van der Waals surface area (Å²) in [6.07, 6.45) is -114. The fourth-order valence-electron chi connectivity index (χ4n) is 18.6. The molecule has 844 valence electrons. The third-order valence-corrected chi connectivity index (χ3v) is 26.6. The monoisotopic (exact) mass is 2160 g/mol. The number of aliphatic carboxylic acids is 1. The minimum Gasteiger partial charge on any atom is -0.477 e. The first kappa shape index (κ1) is 121. The van der Waals surface area contributed by atoms with E-state index in [9.17, 15) is 195 Å². The lowest BCUT2D eigenvalue weighted by Gasteiger charge is -2.51. The molecule has 11 aliphatic rings. The van der Waals surface area contributed by atoms with Crippen LogP contribution >= 0.6 is 0 Å². The number of carbonyl (C=O) groups excluding carboxylic acids is 5. The lowest BCUT2D eigenvalue weighted by Crippen LogP contribution is -2.71. The van der Waals surface area contributed by atoms with Crippen LogP contribution in [0.25, 0.3) is 0 Å². The summed E-state index contributed by atoms with van der Waals surface area (Å²) in [5.74, 6) is -10.6. The molecule has 11 saturated heterocycles. The number of carboxylic acids is 1. The van der Waals surface area contributed by atoms with E-state index in [2.05, 4.69) is 30.8 Å². The van der Waals surface area contributed by atoms with Gasteiger partial charge >= 0.3 is 16.4 Å². The predicted molar refractivity (Wildman–Crippen MR) is 447 cm³/mol. The van der Waals surface area contributed by atoms with Crippen molar-refractivity contribution in [3.63, 3.8) is 0 Å². The molecule has 0 radical (unpaired) electrons. The molecule has 1 unspecified atom stereocenters. The second-order valence-electron chi connectivity index (χ2n) is 36.5. The second-order valence-corrected chi connectivity index (χ2v) is 37.5. The number of rotatable bonds is 40. The Balaban J connectivity index is 0.924. The molecule has 67 heteroatoms. The molecule has 0 aliphatic carbocycles. The number of aliphatic hydroxyl groups is 29. The lowest BCUT2D eigenvalue weighted by atomic mass is 9.88. The van der Waals surface area contributed by atoms with Crippen LogP contribution in [0.15, 0.2) is 0 Å². The zero-order chi connectivity index (χ0) is 108. The van der Waals surface area contributed by atoms with Crippen molar-refractivity contribution in [2.45, 2.75) is 391 Å². The average Bonchev–Trinajstić information content (AvgIpc) is 0.752. The van der Waals surface area contributed by atoms with E-state index in [0.29, 0.717) is 0 Å². The van der Waals surface area contributed by atoms with E-state index in [-0.39, 0.29) is 0 Å². The smallest absolute Gasteiger partial charge is 0.397 e. The number of hydrogen-bond acceptors (Lipinski definition) is 59. The number of ether oxygens (including phenoxy) is 21. The van der Waals surface area contributed by atoms with Gasteiger partial charge in [0.05, 0.1) is 84.3 Å². The van der Waals surface area contributed by atoms with Gasteiger partial charge in [-0.1, -0.05) is 0 Å². The molecule has 11 rings (SSSR count). The summed E-state index contributed by atoms with van der Waals surface area (Å²) < 4.78 is 163. The van der Waals surface area contributed by atoms with Gasteiger partial charge in [-0.25, -0.2) is 8.98 Å². The third kappa shape index (κ3) is 27.2. The standard InChI is InChI=1S/C79H131N5O61S/c1-18-40(100)51(111)54(114)72(126-18)124-17-34-61(47(107)36(68(118)127-34)81-20(3)94)136-69-37(82-21(4)95)48(108)58(30(13-90)132-69)137-73-55(115)63(46(106)33(135-73)16-125-76-66(52(112)42(102)26(9-86)130-76)141-70-38(83-22(5)96)49(109)60(32(15-92)133-70)139-75-57(117)65(145-146(121,122)123)45(105)29(12-89)129-75)140-77-67(53(113)43(103)27(10-87)131-77)142-71-39(84-23(6)97)50(110)59(31(14-91)134-71)138-74-56(116)64(44(104)28(11-88)128-74)144-79(78(119)120)7-24(98)35(80-19(2)93)62(143-79)41(101)25(99)8-85/h18,24-77,85-92,98-118H,7-17H2,1-6H3,(H,80,93)(H,81,94)(H,82,95)(H,83,96)(H,84,97)(H,119,120)(H,121,122,123)/t18-,24-,25+,26+,27+,28+,29+,30+,31+,32+,33+,34+,35+,36+,37+,38+,39-,40+,41+,42+,43+,44-,45-,46+,47+,48+,49+,50+,51+,52-,53-,54-,55-,56+,57+,58+,59+,60+,61+,62+,63-,64-,65-,66-,67-,68?,69-,70-,71-,72+,73-,74-,75-,76-,77+,79-/m0/s1. The molecule has 0 aromatic rings. The summed E-state index contributed by atoms with van der Waals surface area (Å²) in [6, 6.07) is -10.0. The fourth-order valence-corrected chi connectivity index (χ4v) is 19.1. The van der Waals surface area contributed by atoms with Crippen LogP contribution in [0.3, 0.4) is 0 Å². The highest BCUT2D eigenvalue weighted by Crippen LogP contribution is 2.44. The first-order valence-corrected chi connectivity index (χ1v) is 47.2. The Kier molecular flexibility index (Phi) is 42.9. The molecule has 36 N–H and O–H groups in total. The quantitative estimate of drug-likeness (QED) is 0.0253. The Morgan fingerprint density at radius 3 is 1.08 bits per heavy atom. The van der Waals surface area contributed by atoms with E-state index < -0.39 is 461 Å². The van der Waals surface area contributed by atoms with Crippen molar-refractivity contribution in [1.29, 1.82) is 0 Å². The van der Waals surface area contributed by atoms with Crippen molar-refractivity contribution < 1.29 is 299 Å². The van der Waals surface area contributed by atoms with Gasteiger partial charge in [0, 0.05) is 41.0 Å². The van der Waals surface area contributed by atoms with Crippen LogP contribution in [0, 0.1) is 0 Å². The van der Waals surface area contributed by atoms with Crippen LogP contribution in [-0.2, 0) is 143 Å². The molecule has 0 bridgehead atoms. The molecule has 11 aliphatic heterocycles. The van der Waals surface area contributed by atoms with Crippen LogP contribution in [0.5, 0.6) is 0 Å². The summed E-state index contributed by atoms with van der Waals surface area (Å²) in [6.45, 7) is -6.74. The van der Waals surface area contributed by atoms with E-state index in [1.807, 2.05) is 0 Å². The van der Waals surface area contributed by atoms with E-state index in [0.717, 1.165) is 34.6 Å². The van der Waals surface area contributed by atoms with Crippen LogP contribution in [0.1, 0.15) is 48.0 Å². The molecule has 11 fully saturated rings. The SMILES string of the molecule is CC(=O)N[C@@H]1[C@H](O[C@@H]2[C@@H](O[C@@H]3[C@H](O)[C@H](O[C@H]4[C@H](O)[C@@H](NC(C)=O)[C@H](O[C@H]5[C@H](O)[C@@H](NC(C)=O)C(O)O[C@@H]5CO[C@@H]5O[C@@H](C)[C@@H](O)[C@@H](O)[C@@H]5O)O[C@@H]4CO)O[C@H](CO[C@H]4O[C@H](CO)[C@@H](O)[C@H](O)[C@@H]4O[C@@H]4O[C@H](CO)[C@@H](O[C@@H]5O[C@H](CO)[C@H](O)[C@H](OS(=O)(=O)O)[C@H]5O)[C@H](O)[C@H]4NC(C)=O)[C@H]3O)O[C@H](CO)[C@@H](O)[C@@H]2O)O[C@H](CO)[C@@H](O[C@@H]2O[C@H](CO)[C@H](O)[C@H](O[C@]3(C(=O)O)C[C@H](O)[C@@H](NC(C)=O)[C@H]([C@H](O)[C@H](O)CO)O3)[C@H]2O)[C@@H]1O. The van der Waals surface area contributed by atoms with Gasteiger partial charge in [0.25, 0.3) is 5.79 Å². The van der Waals surface area contributed by atoms with Crippen LogP contribution < -0.4 is 26.6 Å². The molecular formula is C79H131N5O61S.